The van der Waals surface area contributed by atoms with Crippen molar-refractivity contribution in [1.29, 1.82) is 0 Å². The maximum absolute atomic E-state index is 10.8. The first-order valence-electron chi connectivity index (χ1n) is 6.31. The Labute approximate surface area is 122 Å². The van der Waals surface area contributed by atoms with Gasteiger partial charge in [0.05, 0.1) is 12.7 Å². The Hall–Kier alpha value is -2.53. The second kappa shape index (κ2) is 6.76. The van der Waals surface area contributed by atoms with Gasteiger partial charge in [0.25, 0.3) is 0 Å². The van der Waals surface area contributed by atoms with Gasteiger partial charge in [-0.05, 0) is 36.4 Å². The molecule has 1 unspecified atom stereocenters. The number of ether oxygens (including phenoxy) is 3. The number of hydrogen-bond donors (Lipinski definition) is 1. The Morgan fingerprint density at radius 1 is 1.05 bits per heavy atom. The minimum atomic E-state index is -0.974. The molecule has 5 heteroatoms. The largest absolute Gasteiger partial charge is 0.497 e. The van der Waals surface area contributed by atoms with Gasteiger partial charge in [0, 0.05) is 12.7 Å². The van der Waals surface area contributed by atoms with Crippen LogP contribution >= 0.6 is 0 Å². The van der Waals surface area contributed by atoms with E-state index in [0.717, 1.165) is 5.56 Å². The fraction of sp³-hybridized carbons (Fsp3) is 0.188. The zero-order valence-electron chi connectivity index (χ0n) is 11.8. The van der Waals surface area contributed by atoms with E-state index in [2.05, 4.69) is 0 Å². The van der Waals surface area contributed by atoms with Gasteiger partial charge in [-0.3, -0.25) is 0 Å². The zero-order valence-corrected chi connectivity index (χ0v) is 11.8. The van der Waals surface area contributed by atoms with Crippen molar-refractivity contribution in [2.75, 3.05) is 14.2 Å². The van der Waals surface area contributed by atoms with Gasteiger partial charge < -0.3 is 19.3 Å². The van der Waals surface area contributed by atoms with Gasteiger partial charge >= 0.3 is 5.97 Å². The number of carbonyl (C=O) groups is 1. The van der Waals surface area contributed by atoms with Crippen molar-refractivity contribution in [3.05, 3.63) is 59.7 Å². The molecular formula is C16H16O5. The Kier molecular flexibility index (Phi) is 4.79. The van der Waals surface area contributed by atoms with Gasteiger partial charge in [0.2, 0.25) is 6.29 Å². The van der Waals surface area contributed by atoms with Gasteiger partial charge in [0.1, 0.15) is 11.5 Å². The molecule has 0 saturated carbocycles. The Bertz CT molecular complexity index is 606. The van der Waals surface area contributed by atoms with E-state index in [1.807, 2.05) is 24.3 Å². The van der Waals surface area contributed by atoms with Crippen LogP contribution in [0.3, 0.4) is 0 Å². The van der Waals surface area contributed by atoms with Crippen molar-refractivity contribution in [1.82, 2.24) is 0 Å². The summed E-state index contributed by atoms with van der Waals surface area (Å²) in [4.78, 5) is 10.8. The lowest BCUT2D eigenvalue weighted by Crippen LogP contribution is -2.10. The standard InChI is InChI=1S/C16H16O5/c1-19-14-5-3-4-12(10-14)16(20-2)21-13-8-6-11(7-9-13)15(17)18/h3-10,16H,1-2H3,(H,17,18). The first kappa shape index (κ1) is 14.9. The van der Waals surface area contributed by atoms with Gasteiger partial charge in [-0.2, -0.15) is 0 Å². The van der Waals surface area contributed by atoms with Gasteiger partial charge in [-0.15, -0.1) is 0 Å². The number of carboxylic acid groups (broad SMARTS) is 1. The summed E-state index contributed by atoms with van der Waals surface area (Å²) < 4.78 is 16.2. The molecule has 0 aliphatic rings. The molecule has 0 bridgehead atoms. The Balaban J connectivity index is 2.16. The maximum atomic E-state index is 10.8. The zero-order chi connectivity index (χ0) is 15.2. The number of rotatable bonds is 6. The van der Waals surface area contributed by atoms with E-state index in [-0.39, 0.29) is 5.56 Å². The highest BCUT2D eigenvalue weighted by molar-refractivity contribution is 5.87. The summed E-state index contributed by atoms with van der Waals surface area (Å²) >= 11 is 0. The number of carboxylic acids is 1. The van der Waals surface area contributed by atoms with Crippen molar-refractivity contribution in [3.63, 3.8) is 0 Å². The van der Waals surface area contributed by atoms with Crippen LogP contribution in [-0.4, -0.2) is 25.3 Å². The van der Waals surface area contributed by atoms with Gasteiger partial charge in [-0.1, -0.05) is 12.1 Å². The molecule has 2 aromatic rings. The number of benzene rings is 2. The first-order chi connectivity index (χ1) is 10.1. The Morgan fingerprint density at radius 2 is 1.76 bits per heavy atom. The average Bonchev–Trinajstić information content (AvgIpc) is 2.53. The van der Waals surface area contributed by atoms with E-state index in [9.17, 15) is 4.79 Å². The molecule has 0 aliphatic heterocycles. The van der Waals surface area contributed by atoms with Crippen LogP contribution in [0.1, 0.15) is 22.2 Å². The third-order valence-corrected chi connectivity index (χ3v) is 2.92. The molecule has 0 saturated heterocycles. The molecule has 0 aromatic heterocycles. The minimum absolute atomic E-state index is 0.206. The summed E-state index contributed by atoms with van der Waals surface area (Å²) in [6.07, 6.45) is -0.601. The van der Waals surface area contributed by atoms with E-state index in [0.29, 0.717) is 11.5 Å². The van der Waals surface area contributed by atoms with Crippen LogP contribution < -0.4 is 9.47 Å². The first-order valence-corrected chi connectivity index (χ1v) is 6.31. The van der Waals surface area contributed by atoms with Gasteiger partial charge in [0.15, 0.2) is 0 Å². The maximum Gasteiger partial charge on any atom is 0.335 e. The van der Waals surface area contributed by atoms with Crippen LogP contribution in [0.25, 0.3) is 0 Å². The van der Waals surface area contributed by atoms with Crippen molar-refractivity contribution in [2.45, 2.75) is 6.29 Å². The summed E-state index contributed by atoms with van der Waals surface area (Å²) in [5.74, 6) is 0.256. The number of hydrogen-bond acceptors (Lipinski definition) is 4. The third-order valence-electron chi connectivity index (χ3n) is 2.92. The summed E-state index contributed by atoms with van der Waals surface area (Å²) in [7, 11) is 3.13. The highest BCUT2D eigenvalue weighted by atomic mass is 16.7. The fourth-order valence-electron chi connectivity index (χ4n) is 1.84. The fourth-order valence-corrected chi connectivity index (χ4v) is 1.84. The van der Waals surface area contributed by atoms with Crippen molar-refractivity contribution in [2.24, 2.45) is 0 Å². The van der Waals surface area contributed by atoms with Crippen LogP contribution in [0.5, 0.6) is 11.5 Å². The predicted octanol–water partition coefficient (Wildman–Crippen LogP) is 3.12. The van der Waals surface area contributed by atoms with Crippen LogP contribution in [0.4, 0.5) is 0 Å². The van der Waals surface area contributed by atoms with Crippen LogP contribution in [-0.2, 0) is 4.74 Å². The van der Waals surface area contributed by atoms with Crippen molar-refractivity contribution < 1.29 is 24.1 Å². The average molecular weight is 288 g/mol. The monoisotopic (exact) mass is 288 g/mol. The molecule has 1 N–H and O–H groups in total. The molecular weight excluding hydrogens is 272 g/mol. The van der Waals surface area contributed by atoms with Crippen molar-refractivity contribution >= 4 is 5.97 Å². The van der Waals surface area contributed by atoms with Gasteiger partial charge in [-0.25, -0.2) is 4.79 Å². The quantitative estimate of drug-likeness (QED) is 0.827. The molecule has 2 aromatic carbocycles. The lowest BCUT2D eigenvalue weighted by atomic mass is 10.2. The molecule has 0 spiro atoms. The highest BCUT2D eigenvalue weighted by Gasteiger charge is 2.13. The molecule has 0 heterocycles. The highest BCUT2D eigenvalue weighted by Crippen LogP contribution is 2.25. The summed E-state index contributed by atoms with van der Waals surface area (Å²) in [6.45, 7) is 0. The summed E-state index contributed by atoms with van der Waals surface area (Å²) in [5.41, 5.74) is 1.01. The topological polar surface area (TPSA) is 65.0 Å². The molecule has 0 aliphatic carbocycles. The van der Waals surface area contributed by atoms with E-state index in [1.54, 1.807) is 19.2 Å². The van der Waals surface area contributed by atoms with E-state index >= 15 is 0 Å². The van der Waals surface area contributed by atoms with Crippen LogP contribution in [0.15, 0.2) is 48.5 Å². The smallest absolute Gasteiger partial charge is 0.335 e. The molecule has 0 fully saturated rings. The summed E-state index contributed by atoms with van der Waals surface area (Å²) in [5, 5.41) is 8.86. The van der Waals surface area contributed by atoms with E-state index in [4.69, 9.17) is 19.3 Å². The normalized spacial score (nSPS) is 11.7. The second-order valence-corrected chi connectivity index (χ2v) is 4.29. The summed E-state index contributed by atoms with van der Waals surface area (Å²) in [6, 6.07) is 13.5. The third kappa shape index (κ3) is 3.73. The van der Waals surface area contributed by atoms with Crippen LogP contribution in [0.2, 0.25) is 0 Å². The SMILES string of the molecule is COc1cccc(C(OC)Oc2ccc(C(=O)O)cc2)c1. The molecule has 21 heavy (non-hydrogen) atoms. The van der Waals surface area contributed by atoms with Crippen molar-refractivity contribution in [3.8, 4) is 11.5 Å². The molecule has 110 valence electrons. The Morgan fingerprint density at radius 3 is 2.33 bits per heavy atom. The number of methoxy groups -OCH3 is 2. The predicted molar refractivity (Wildman–Crippen MR) is 76.8 cm³/mol. The molecule has 5 nitrogen and oxygen atoms in total. The van der Waals surface area contributed by atoms with E-state index < -0.39 is 12.3 Å². The minimum Gasteiger partial charge on any atom is -0.497 e. The molecule has 2 rings (SSSR count). The van der Waals surface area contributed by atoms with E-state index in [1.165, 1.54) is 19.2 Å². The lowest BCUT2D eigenvalue weighted by Gasteiger charge is -2.18. The molecule has 1 atom stereocenters. The second-order valence-electron chi connectivity index (χ2n) is 4.29. The molecule has 0 amide bonds. The molecule has 0 radical (unpaired) electrons. The van der Waals surface area contributed by atoms with Crippen LogP contribution in [0, 0.1) is 0 Å². The lowest BCUT2D eigenvalue weighted by molar-refractivity contribution is -0.0563. The number of aromatic carboxylic acids is 1.